The zero-order valence-electron chi connectivity index (χ0n) is 11.6. The maximum absolute atomic E-state index is 11.0. The molecule has 0 aliphatic heterocycles. The molecule has 0 spiro atoms. The van der Waals surface area contributed by atoms with Crippen LogP contribution in [0.3, 0.4) is 0 Å². The number of rotatable bonds is 7. The molecule has 2 unspecified atom stereocenters. The fraction of sp³-hybridized carbons (Fsp3) is 0.364. The number of hydrogen-bond acceptors (Lipinski definition) is 7. The van der Waals surface area contributed by atoms with Crippen LogP contribution in [0.25, 0.3) is 11.2 Å². The molecule has 0 radical (unpaired) electrons. The summed E-state index contributed by atoms with van der Waals surface area (Å²) >= 11 is 5.92. The first-order valence-electron chi connectivity index (χ1n) is 6.06. The first-order chi connectivity index (χ1) is 10.3. The predicted octanol–water partition coefficient (Wildman–Crippen LogP) is 1.33. The molecule has 2 aromatic heterocycles. The Morgan fingerprint density at radius 1 is 1.55 bits per heavy atom. The van der Waals surface area contributed by atoms with Gasteiger partial charge in [-0.25, -0.2) is 19.8 Å². The summed E-state index contributed by atoms with van der Waals surface area (Å²) in [5, 5.41) is 9.76. The Kier molecular flexibility index (Phi) is 5.28. The average Bonchev–Trinajstić information content (AvgIpc) is 2.84. The average molecular weight is 349 g/mol. The number of aliphatic hydroxyl groups excluding tert-OH is 1. The van der Waals surface area contributed by atoms with E-state index in [2.05, 4.69) is 31.1 Å². The Balaban J connectivity index is 2.18. The van der Waals surface area contributed by atoms with Gasteiger partial charge in [0.05, 0.1) is 19.0 Å². The van der Waals surface area contributed by atoms with E-state index in [-0.39, 0.29) is 18.4 Å². The molecular weight excluding hydrogens is 335 g/mol. The van der Waals surface area contributed by atoms with Crippen molar-refractivity contribution in [3.8, 4) is 0 Å². The molecule has 0 fully saturated rings. The summed E-state index contributed by atoms with van der Waals surface area (Å²) in [5.74, 6) is 0. The second kappa shape index (κ2) is 6.82. The highest BCUT2D eigenvalue weighted by molar-refractivity contribution is 7.51. The lowest BCUT2D eigenvalue weighted by atomic mass is 10.1. The Hall–Kier alpha value is -1.35. The van der Waals surface area contributed by atoms with Crippen molar-refractivity contribution in [1.29, 1.82) is 0 Å². The van der Waals surface area contributed by atoms with Gasteiger partial charge < -0.3 is 14.6 Å². The van der Waals surface area contributed by atoms with Crippen molar-refractivity contribution in [3.63, 3.8) is 0 Å². The molecule has 0 aliphatic rings. The maximum Gasteiger partial charge on any atom is 0.352 e. The largest absolute Gasteiger partial charge is 0.394 e. The Morgan fingerprint density at radius 2 is 2.27 bits per heavy atom. The highest BCUT2D eigenvalue weighted by Crippen LogP contribution is 2.37. The second-order valence-electron chi connectivity index (χ2n) is 4.48. The van der Waals surface area contributed by atoms with E-state index in [1.807, 2.05) is 0 Å². The zero-order valence-corrected chi connectivity index (χ0v) is 13.2. The van der Waals surface area contributed by atoms with E-state index < -0.39 is 13.6 Å². The van der Waals surface area contributed by atoms with Crippen molar-refractivity contribution in [3.05, 3.63) is 30.0 Å². The van der Waals surface area contributed by atoms with Crippen LogP contribution < -0.4 is 0 Å². The molecule has 0 amide bonds. The van der Waals surface area contributed by atoms with Crippen molar-refractivity contribution in [1.82, 2.24) is 19.5 Å². The summed E-state index contributed by atoms with van der Waals surface area (Å²) in [4.78, 5) is 25.6. The molecule has 11 heteroatoms. The third kappa shape index (κ3) is 3.89. The van der Waals surface area contributed by atoms with E-state index in [1.165, 1.54) is 12.7 Å². The quantitative estimate of drug-likeness (QED) is 0.253. The highest BCUT2D eigenvalue weighted by atomic mass is 35.5. The van der Waals surface area contributed by atoms with Crippen LogP contribution >= 0.6 is 19.2 Å². The monoisotopic (exact) mass is 348 g/mol. The van der Waals surface area contributed by atoms with Gasteiger partial charge in [0.15, 0.2) is 10.8 Å². The van der Waals surface area contributed by atoms with E-state index in [0.29, 0.717) is 16.7 Å². The molecule has 2 rings (SSSR count). The van der Waals surface area contributed by atoms with Gasteiger partial charge in [0.1, 0.15) is 18.5 Å². The van der Waals surface area contributed by atoms with E-state index >= 15 is 0 Å². The zero-order chi connectivity index (χ0) is 16.3. The van der Waals surface area contributed by atoms with Crippen LogP contribution in [0.2, 0.25) is 5.15 Å². The normalized spacial score (nSPS) is 15.6. The van der Waals surface area contributed by atoms with Gasteiger partial charge in [-0.1, -0.05) is 18.2 Å². The molecule has 0 saturated heterocycles. The van der Waals surface area contributed by atoms with Gasteiger partial charge in [-0.05, 0) is 5.57 Å². The van der Waals surface area contributed by atoms with Gasteiger partial charge in [0, 0.05) is 6.66 Å². The summed E-state index contributed by atoms with van der Waals surface area (Å²) in [5.41, 5.74) is 1.20. The molecule has 120 valence electrons. The van der Waals surface area contributed by atoms with Gasteiger partial charge in [0.25, 0.3) is 0 Å². The van der Waals surface area contributed by atoms with Crippen LogP contribution in [0.15, 0.2) is 24.8 Å². The number of hydrogen-bond donors (Lipinski definition) is 2. The Bertz CT molecular complexity index is 730. The highest BCUT2D eigenvalue weighted by Gasteiger charge is 2.20. The standard InChI is InChI=1S/C11H14ClN4O5P/c1-7(4-20-21-22(2,18)19)8(3-17)16-6-15-9-10(12)13-5-14-11(9)16/h5-6,8,17H,1,3-4H2,2H3,(H,18,19). The third-order valence-corrected chi connectivity index (χ3v) is 3.39. The van der Waals surface area contributed by atoms with Crippen LogP contribution in [-0.4, -0.2) is 49.4 Å². The van der Waals surface area contributed by atoms with E-state index in [4.69, 9.17) is 16.5 Å². The van der Waals surface area contributed by atoms with Gasteiger partial charge >= 0.3 is 7.60 Å². The summed E-state index contributed by atoms with van der Waals surface area (Å²) in [6.45, 7) is 4.26. The SMILES string of the molecule is C=C(COOP(C)(=O)O)C(CO)n1cnc2c(Cl)ncnc21. The van der Waals surface area contributed by atoms with Gasteiger partial charge in [-0.3, -0.25) is 4.57 Å². The molecule has 2 N–H and O–H groups in total. The van der Waals surface area contributed by atoms with Gasteiger partial charge in [-0.2, -0.15) is 0 Å². The lowest BCUT2D eigenvalue weighted by molar-refractivity contribution is -0.204. The molecule has 2 atom stereocenters. The smallest absolute Gasteiger partial charge is 0.352 e. The van der Waals surface area contributed by atoms with Crippen molar-refractivity contribution in [2.45, 2.75) is 6.04 Å². The summed E-state index contributed by atoms with van der Waals surface area (Å²) in [6.07, 6.45) is 2.72. The minimum atomic E-state index is -3.75. The van der Waals surface area contributed by atoms with E-state index in [0.717, 1.165) is 6.66 Å². The van der Waals surface area contributed by atoms with Crippen molar-refractivity contribution in [2.75, 3.05) is 19.9 Å². The third-order valence-electron chi connectivity index (χ3n) is 2.73. The number of aliphatic hydroxyl groups is 1. The number of aromatic nitrogens is 4. The van der Waals surface area contributed by atoms with Crippen LogP contribution in [0.5, 0.6) is 0 Å². The predicted molar refractivity (Wildman–Crippen MR) is 78.4 cm³/mol. The molecule has 2 aromatic rings. The number of nitrogens with zero attached hydrogens (tertiary/aromatic N) is 4. The first kappa shape index (κ1) is 17.0. The van der Waals surface area contributed by atoms with Crippen LogP contribution in [0, 0.1) is 0 Å². The fourth-order valence-corrected chi connectivity index (χ4v) is 2.19. The molecule has 22 heavy (non-hydrogen) atoms. The van der Waals surface area contributed by atoms with E-state index in [9.17, 15) is 9.67 Å². The Labute approximate surface area is 130 Å². The molecular formula is C11H14ClN4O5P. The molecule has 2 heterocycles. The lowest BCUT2D eigenvalue weighted by Gasteiger charge is -2.19. The van der Waals surface area contributed by atoms with Crippen molar-refractivity contribution < 1.29 is 24.1 Å². The van der Waals surface area contributed by atoms with Crippen LogP contribution in [-0.2, 0) is 14.1 Å². The Morgan fingerprint density at radius 3 is 2.91 bits per heavy atom. The summed E-state index contributed by atoms with van der Waals surface area (Å²) in [7, 11) is -3.75. The second-order valence-corrected chi connectivity index (χ2v) is 6.60. The minimum absolute atomic E-state index is 0.192. The lowest BCUT2D eigenvalue weighted by Crippen LogP contribution is -2.18. The topological polar surface area (TPSA) is 120 Å². The number of halogens is 1. The number of imidazole rings is 1. The first-order valence-corrected chi connectivity index (χ1v) is 8.47. The summed E-state index contributed by atoms with van der Waals surface area (Å²) < 4.78 is 16.8. The molecule has 0 bridgehead atoms. The molecule has 9 nitrogen and oxygen atoms in total. The van der Waals surface area contributed by atoms with Crippen LogP contribution in [0.1, 0.15) is 6.04 Å². The molecule has 0 aliphatic carbocycles. The molecule has 0 saturated carbocycles. The van der Waals surface area contributed by atoms with Crippen LogP contribution in [0.4, 0.5) is 0 Å². The fourth-order valence-electron chi connectivity index (χ4n) is 1.76. The summed E-state index contributed by atoms with van der Waals surface area (Å²) in [6, 6.07) is -0.616. The maximum atomic E-state index is 11.0. The van der Waals surface area contributed by atoms with E-state index in [1.54, 1.807) is 4.57 Å². The molecule has 0 aromatic carbocycles. The number of fused-ring (bicyclic) bond motifs is 1. The van der Waals surface area contributed by atoms with Gasteiger partial charge in [0.2, 0.25) is 0 Å². The van der Waals surface area contributed by atoms with Crippen molar-refractivity contribution >= 4 is 30.4 Å². The van der Waals surface area contributed by atoms with Crippen molar-refractivity contribution in [2.24, 2.45) is 0 Å². The minimum Gasteiger partial charge on any atom is -0.394 e. The van der Waals surface area contributed by atoms with Gasteiger partial charge in [-0.15, -0.1) is 4.67 Å².